The molecular formula is C15H21ClN4S. The first-order chi connectivity index (χ1) is 9.79. The Bertz CT molecular complexity index is 605. The summed E-state index contributed by atoms with van der Waals surface area (Å²) in [6.45, 7) is 11.1. The molecule has 0 fully saturated rings. The molecule has 0 radical (unpaired) electrons. The Morgan fingerprint density at radius 1 is 1.33 bits per heavy atom. The zero-order valence-electron chi connectivity index (χ0n) is 13.1. The van der Waals surface area contributed by atoms with E-state index in [1.165, 1.54) is 0 Å². The van der Waals surface area contributed by atoms with E-state index in [0.29, 0.717) is 11.1 Å². The Morgan fingerprint density at radius 2 is 2.05 bits per heavy atom. The van der Waals surface area contributed by atoms with Crippen molar-refractivity contribution < 1.29 is 0 Å². The number of nitrogens with zero attached hydrogens (tertiary/aromatic N) is 3. The van der Waals surface area contributed by atoms with Crippen molar-refractivity contribution in [1.82, 2.24) is 15.0 Å². The van der Waals surface area contributed by atoms with Crippen molar-refractivity contribution in [2.45, 2.75) is 46.0 Å². The summed E-state index contributed by atoms with van der Waals surface area (Å²) in [5.41, 5.74) is 0.755. The standard InChI is InChI=1S/C15H21ClN4S/c1-9(13-17-6-7-21-13)8-18-12-10(2)11(16)19-14(20-12)15(3,4)5/h6-7,9H,8H2,1-5H3,(H,18,19,20). The van der Waals surface area contributed by atoms with Gasteiger partial charge in [0.15, 0.2) is 0 Å². The third-order valence-corrected chi connectivity index (χ3v) is 4.58. The van der Waals surface area contributed by atoms with Gasteiger partial charge in [-0.05, 0) is 6.92 Å². The van der Waals surface area contributed by atoms with Crippen LogP contribution in [0.15, 0.2) is 11.6 Å². The van der Waals surface area contributed by atoms with Crippen LogP contribution in [-0.4, -0.2) is 21.5 Å². The van der Waals surface area contributed by atoms with Gasteiger partial charge in [0.05, 0.1) is 5.01 Å². The molecular weight excluding hydrogens is 304 g/mol. The molecule has 21 heavy (non-hydrogen) atoms. The summed E-state index contributed by atoms with van der Waals surface area (Å²) in [6.07, 6.45) is 1.83. The minimum absolute atomic E-state index is 0.130. The van der Waals surface area contributed by atoms with Crippen LogP contribution in [0.3, 0.4) is 0 Å². The normalized spacial score (nSPS) is 13.2. The van der Waals surface area contributed by atoms with Crippen molar-refractivity contribution in [2.24, 2.45) is 0 Å². The lowest BCUT2D eigenvalue weighted by molar-refractivity contribution is 0.545. The Balaban J connectivity index is 2.18. The van der Waals surface area contributed by atoms with Gasteiger partial charge in [0.1, 0.15) is 16.8 Å². The van der Waals surface area contributed by atoms with Crippen LogP contribution in [0.2, 0.25) is 5.15 Å². The lowest BCUT2D eigenvalue weighted by Crippen LogP contribution is -2.19. The highest BCUT2D eigenvalue weighted by atomic mass is 35.5. The van der Waals surface area contributed by atoms with Gasteiger partial charge >= 0.3 is 0 Å². The second-order valence-corrected chi connectivity index (χ2v) is 7.50. The second-order valence-electron chi connectivity index (χ2n) is 6.21. The maximum Gasteiger partial charge on any atom is 0.137 e. The Kier molecular flexibility index (Phi) is 4.84. The summed E-state index contributed by atoms with van der Waals surface area (Å²) in [4.78, 5) is 13.4. The van der Waals surface area contributed by atoms with Crippen LogP contribution < -0.4 is 5.32 Å². The maximum absolute atomic E-state index is 6.24. The van der Waals surface area contributed by atoms with Crippen LogP contribution in [-0.2, 0) is 5.41 Å². The summed E-state index contributed by atoms with van der Waals surface area (Å²) >= 11 is 7.91. The van der Waals surface area contributed by atoms with Crippen molar-refractivity contribution in [3.63, 3.8) is 0 Å². The lowest BCUT2D eigenvalue weighted by Gasteiger charge is -2.20. The smallest absolute Gasteiger partial charge is 0.137 e. The number of aromatic nitrogens is 3. The van der Waals surface area contributed by atoms with Gasteiger partial charge in [-0.15, -0.1) is 11.3 Å². The van der Waals surface area contributed by atoms with Crippen LogP contribution >= 0.6 is 22.9 Å². The monoisotopic (exact) mass is 324 g/mol. The van der Waals surface area contributed by atoms with Crippen molar-refractivity contribution >= 4 is 28.8 Å². The van der Waals surface area contributed by atoms with E-state index in [1.807, 2.05) is 18.5 Å². The molecule has 2 rings (SSSR count). The number of nitrogens with one attached hydrogen (secondary N) is 1. The topological polar surface area (TPSA) is 50.7 Å². The third kappa shape index (κ3) is 3.92. The Hall–Kier alpha value is -1.20. The number of hydrogen-bond acceptors (Lipinski definition) is 5. The molecule has 0 aliphatic heterocycles. The van der Waals surface area contributed by atoms with Crippen LogP contribution in [0.25, 0.3) is 0 Å². The van der Waals surface area contributed by atoms with E-state index >= 15 is 0 Å². The lowest BCUT2D eigenvalue weighted by atomic mass is 9.95. The Morgan fingerprint density at radius 3 is 2.62 bits per heavy atom. The van der Waals surface area contributed by atoms with E-state index in [0.717, 1.165) is 28.8 Å². The average molecular weight is 325 g/mol. The number of anilines is 1. The summed E-state index contributed by atoms with van der Waals surface area (Å²) in [6, 6.07) is 0. The van der Waals surface area contributed by atoms with Gasteiger partial charge in [0.25, 0.3) is 0 Å². The zero-order chi connectivity index (χ0) is 15.6. The van der Waals surface area contributed by atoms with E-state index in [4.69, 9.17) is 11.6 Å². The third-order valence-electron chi connectivity index (χ3n) is 3.21. The summed E-state index contributed by atoms with van der Waals surface area (Å²) < 4.78 is 0. The molecule has 0 spiro atoms. The number of rotatable bonds is 4. The highest BCUT2D eigenvalue weighted by Crippen LogP contribution is 2.27. The minimum atomic E-state index is -0.130. The van der Waals surface area contributed by atoms with E-state index in [-0.39, 0.29) is 5.41 Å². The number of halogens is 1. The van der Waals surface area contributed by atoms with Crippen LogP contribution in [0, 0.1) is 6.92 Å². The predicted molar refractivity (Wildman–Crippen MR) is 89.5 cm³/mol. The molecule has 0 saturated carbocycles. The van der Waals surface area contributed by atoms with Gasteiger partial charge < -0.3 is 5.32 Å². The fourth-order valence-electron chi connectivity index (χ4n) is 1.81. The van der Waals surface area contributed by atoms with E-state index in [2.05, 4.69) is 48.0 Å². The fraction of sp³-hybridized carbons (Fsp3) is 0.533. The molecule has 2 aromatic rings. The minimum Gasteiger partial charge on any atom is -0.369 e. The highest BCUT2D eigenvalue weighted by Gasteiger charge is 2.21. The molecule has 0 bridgehead atoms. The largest absolute Gasteiger partial charge is 0.369 e. The summed E-state index contributed by atoms with van der Waals surface area (Å²) in [5.74, 6) is 1.89. The van der Waals surface area contributed by atoms with Crippen molar-refractivity contribution in [3.05, 3.63) is 33.1 Å². The molecule has 1 unspecified atom stereocenters. The molecule has 1 N–H and O–H groups in total. The molecule has 2 heterocycles. The molecule has 6 heteroatoms. The van der Waals surface area contributed by atoms with Crippen molar-refractivity contribution in [1.29, 1.82) is 0 Å². The zero-order valence-corrected chi connectivity index (χ0v) is 14.6. The fourth-order valence-corrected chi connectivity index (χ4v) is 2.68. The average Bonchev–Trinajstić information content (AvgIpc) is 2.92. The summed E-state index contributed by atoms with van der Waals surface area (Å²) in [5, 5.41) is 7.02. The van der Waals surface area contributed by atoms with E-state index in [9.17, 15) is 0 Å². The molecule has 0 aliphatic rings. The van der Waals surface area contributed by atoms with Crippen LogP contribution in [0.4, 0.5) is 5.82 Å². The maximum atomic E-state index is 6.24. The first kappa shape index (κ1) is 16.2. The van der Waals surface area contributed by atoms with E-state index < -0.39 is 0 Å². The van der Waals surface area contributed by atoms with Gasteiger partial charge in [0.2, 0.25) is 0 Å². The van der Waals surface area contributed by atoms with Crippen molar-refractivity contribution in [2.75, 3.05) is 11.9 Å². The summed E-state index contributed by atoms with van der Waals surface area (Å²) in [7, 11) is 0. The van der Waals surface area contributed by atoms with Gasteiger partial charge in [-0.2, -0.15) is 0 Å². The highest BCUT2D eigenvalue weighted by molar-refractivity contribution is 7.09. The van der Waals surface area contributed by atoms with Crippen LogP contribution in [0.5, 0.6) is 0 Å². The Labute approximate surface area is 135 Å². The first-order valence-electron chi connectivity index (χ1n) is 6.97. The molecule has 2 aromatic heterocycles. The van der Waals surface area contributed by atoms with E-state index in [1.54, 1.807) is 11.3 Å². The molecule has 0 aromatic carbocycles. The quantitative estimate of drug-likeness (QED) is 0.846. The number of hydrogen-bond donors (Lipinski definition) is 1. The molecule has 0 saturated heterocycles. The van der Waals surface area contributed by atoms with Crippen molar-refractivity contribution in [3.8, 4) is 0 Å². The van der Waals surface area contributed by atoms with Crippen LogP contribution in [0.1, 0.15) is 50.0 Å². The second kappa shape index (κ2) is 6.28. The van der Waals surface area contributed by atoms with Gasteiger partial charge in [-0.1, -0.05) is 39.3 Å². The molecule has 4 nitrogen and oxygen atoms in total. The molecule has 0 aliphatic carbocycles. The number of thiazole rings is 1. The molecule has 1 atom stereocenters. The van der Waals surface area contributed by atoms with Gasteiger partial charge in [0, 0.05) is 35.0 Å². The molecule has 0 amide bonds. The van der Waals surface area contributed by atoms with Gasteiger partial charge in [-0.3, -0.25) is 0 Å². The SMILES string of the molecule is Cc1c(Cl)nc(C(C)(C)C)nc1NCC(C)c1nccs1. The first-order valence-corrected chi connectivity index (χ1v) is 8.22. The molecule has 114 valence electrons. The predicted octanol–water partition coefficient (Wildman–Crippen LogP) is 4.41. The van der Waals surface area contributed by atoms with Gasteiger partial charge in [-0.25, -0.2) is 15.0 Å².